The summed E-state index contributed by atoms with van der Waals surface area (Å²) < 4.78 is 0. The van der Waals surface area contributed by atoms with E-state index in [4.69, 9.17) is 5.11 Å². The predicted molar refractivity (Wildman–Crippen MR) is 73.3 cm³/mol. The average Bonchev–Trinajstić information content (AvgIpc) is 2.85. The van der Waals surface area contributed by atoms with Crippen molar-refractivity contribution in [2.45, 2.75) is 32.7 Å². The highest BCUT2D eigenvalue weighted by Gasteiger charge is 2.23. The molecule has 0 bridgehead atoms. The molecule has 0 aliphatic heterocycles. The molecule has 19 heavy (non-hydrogen) atoms. The number of carbonyl (C=O) groups is 2. The molecule has 0 aliphatic rings. The molecule has 0 saturated carbocycles. The zero-order chi connectivity index (χ0) is 14.4. The number of urea groups is 1. The molecule has 2 amide bonds. The van der Waals surface area contributed by atoms with Crippen molar-refractivity contribution in [3.63, 3.8) is 0 Å². The normalized spacial score (nSPS) is 13.9. The van der Waals surface area contributed by atoms with Crippen molar-refractivity contribution in [1.29, 1.82) is 0 Å². The third kappa shape index (κ3) is 4.86. The zero-order valence-corrected chi connectivity index (χ0v) is 12.0. The number of rotatable bonds is 6. The van der Waals surface area contributed by atoms with Gasteiger partial charge in [-0.3, -0.25) is 0 Å². The van der Waals surface area contributed by atoms with Crippen LogP contribution in [0.5, 0.6) is 0 Å². The Kier molecular flexibility index (Phi) is 5.75. The Bertz CT molecular complexity index is 420. The lowest BCUT2D eigenvalue weighted by molar-refractivity contribution is -0.140. The zero-order valence-electron chi connectivity index (χ0n) is 11.2. The van der Waals surface area contributed by atoms with Crippen LogP contribution in [0.3, 0.4) is 0 Å². The Morgan fingerprint density at radius 3 is 2.58 bits per heavy atom. The minimum atomic E-state index is -1.03. The number of hydrogen-bond donors (Lipinski definition) is 3. The van der Waals surface area contributed by atoms with Gasteiger partial charge in [0, 0.05) is 24.0 Å². The molecule has 1 aromatic heterocycles. The maximum atomic E-state index is 11.6. The highest BCUT2D eigenvalue weighted by atomic mass is 32.1. The second-order valence-corrected chi connectivity index (χ2v) is 5.61. The maximum absolute atomic E-state index is 11.6. The number of nitrogens with one attached hydrogen (secondary N) is 2. The van der Waals surface area contributed by atoms with E-state index in [9.17, 15) is 9.59 Å². The van der Waals surface area contributed by atoms with Crippen LogP contribution in [0.2, 0.25) is 0 Å². The molecule has 0 fully saturated rings. The molecular weight excluding hydrogens is 266 g/mol. The highest BCUT2D eigenvalue weighted by molar-refractivity contribution is 7.09. The quantitative estimate of drug-likeness (QED) is 0.741. The van der Waals surface area contributed by atoms with Crippen LogP contribution in [0.1, 0.15) is 31.7 Å². The van der Waals surface area contributed by atoms with E-state index in [1.807, 2.05) is 12.3 Å². The summed E-state index contributed by atoms with van der Waals surface area (Å²) in [4.78, 5) is 26.7. The third-order valence-corrected chi connectivity index (χ3v) is 3.67. The molecule has 0 radical (unpaired) electrons. The molecule has 7 heteroatoms. The summed E-state index contributed by atoms with van der Waals surface area (Å²) in [7, 11) is 0. The molecule has 1 unspecified atom stereocenters. The van der Waals surface area contributed by atoms with Crippen LogP contribution < -0.4 is 10.6 Å². The molecule has 106 valence electrons. The highest BCUT2D eigenvalue weighted by Crippen LogP contribution is 2.16. The topological polar surface area (TPSA) is 91.3 Å². The van der Waals surface area contributed by atoms with E-state index in [-0.39, 0.29) is 11.8 Å². The standard InChI is InChI=1S/C12H19N3O3S/c1-7(2)9(11(16)17)15-12(18)14-6-8(3)10-13-4-5-19-10/h4-5,7-9H,6H2,1-3H3,(H,16,17)(H2,14,15,18)/t8?,9-/m0/s1. The number of nitrogens with zero attached hydrogens (tertiary/aromatic N) is 1. The van der Waals surface area contributed by atoms with Gasteiger partial charge in [0.2, 0.25) is 0 Å². The summed E-state index contributed by atoms with van der Waals surface area (Å²) in [5.74, 6) is -1.09. The van der Waals surface area contributed by atoms with Gasteiger partial charge in [0.25, 0.3) is 0 Å². The Balaban J connectivity index is 2.41. The summed E-state index contributed by atoms with van der Waals surface area (Å²) in [6.07, 6.45) is 1.72. The second-order valence-electron chi connectivity index (χ2n) is 4.69. The third-order valence-electron chi connectivity index (χ3n) is 2.66. The molecular formula is C12H19N3O3S. The van der Waals surface area contributed by atoms with E-state index < -0.39 is 18.0 Å². The smallest absolute Gasteiger partial charge is 0.326 e. The summed E-state index contributed by atoms with van der Waals surface area (Å²) >= 11 is 1.53. The molecule has 0 spiro atoms. The number of aliphatic carboxylic acids is 1. The molecule has 3 N–H and O–H groups in total. The van der Waals surface area contributed by atoms with Gasteiger partial charge in [-0.05, 0) is 5.92 Å². The summed E-state index contributed by atoms with van der Waals surface area (Å²) in [5, 5.41) is 16.9. The van der Waals surface area contributed by atoms with Crippen LogP contribution in [0.15, 0.2) is 11.6 Å². The Morgan fingerprint density at radius 2 is 2.11 bits per heavy atom. The monoisotopic (exact) mass is 285 g/mol. The molecule has 1 rings (SSSR count). The first-order valence-corrected chi connectivity index (χ1v) is 6.96. The van der Waals surface area contributed by atoms with Crippen LogP contribution in [-0.4, -0.2) is 34.7 Å². The first-order chi connectivity index (χ1) is 8.91. The summed E-state index contributed by atoms with van der Waals surface area (Å²) in [6.45, 7) is 5.87. The van der Waals surface area contributed by atoms with Gasteiger partial charge in [-0.2, -0.15) is 0 Å². The van der Waals surface area contributed by atoms with Crippen LogP contribution in [-0.2, 0) is 4.79 Å². The van der Waals surface area contributed by atoms with E-state index in [1.165, 1.54) is 11.3 Å². The maximum Gasteiger partial charge on any atom is 0.326 e. The van der Waals surface area contributed by atoms with Crippen molar-refractivity contribution in [3.8, 4) is 0 Å². The van der Waals surface area contributed by atoms with E-state index in [0.29, 0.717) is 6.54 Å². The van der Waals surface area contributed by atoms with Gasteiger partial charge in [0.15, 0.2) is 0 Å². The Morgan fingerprint density at radius 1 is 1.42 bits per heavy atom. The number of thiazole rings is 1. The molecule has 6 nitrogen and oxygen atoms in total. The fourth-order valence-electron chi connectivity index (χ4n) is 1.52. The number of carboxylic acids is 1. The fraction of sp³-hybridized carbons (Fsp3) is 0.583. The average molecular weight is 285 g/mol. The van der Waals surface area contributed by atoms with Crippen LogP contribution >= 0.6 is 11.3 Å². The van der Waals surface area contributed by atoms with Crippen molar-refractivity contribution in [2.75, 3.05) is 6.54 Å². The predicted octanol–water partition coefficient (Wildman–Crippen LogP) is 1.65. The largest absolute Gasteiger partial charge is 0.480 e. The summed E-state index contributed by atoms with van der Waals surface area (Å²) in [6, 6.07) is -1.35. The SMILES string of the molecule is CC(CNC(=O)N[C@H](C(=O)O)C(C)C)c1nccs1. The number of amides is 2. The fourth-order valence-corrected chi connectivity index (χ4v) is 2.22. The number of hydrogen-bond acceptors (Lipinski definition) is 4. The molecule has 1 aromatic rings. The van der Waals surface area contributed by atoms with Crippen molar-refractivity contribution < 1.29 is 14.7 Å². The number of carbonyl (C=O) groups excluding carboxylic acids is 1. The minimum absolute atomic E-state index is 0.105. The second kappa shape index (κ2) is 7.08. The minimum Gasteiger partial charge on any atom is -0.480 e. The van der Waals surface area contributed by atoms with Gasteiger partial charge in [0.1, 0.15) is 6.04 Å². The first-order valence-electron chi connectivity index (χ1n) is 6.08. The molecule has 2 atom stereocenters. The molecule has 0 saturated heterocycles. The Labute approximate surface area is 116 Å². The molecule has 0 aromatic carbocycles. The van der Waals surface area contributed by atoms with Crippen LogP contribution in [0.25, 0.3) is 0 Å². The lowest BCUT2D eigenvalue weighted by Gasteiger charge is -2.19. The van der Waals surface area contributed by atoms with E-state index in [0.717, 1.165) is 5.01 Å². The van der Waals surface area contributed by atoms with Crippen molar-refractivity contribution in [3.05, 3.63) is 16.6 Å². The molecule has 0 aliphatic carbocycles. The van der Waals surface area contributed by atoms with Crippen molar-refractivity contribution in [1.82, 2.24) is 15.6 Å². The first kappa shape index (κ1) is 15.4. The van der Waals surface area contributed by atoms with E-state index in [1.54, 1.807) is 20.0 Å². The van der Waals surface area contributed by atoms with Gasteiger partial charge >= 0.3 is 12.0 Å². The molecule has 1 heterocycles. The van der Waals surface area contributed by atoms with E-state index in [2.05, 4.69) is 15.6 Å². The van der Waals surface area contributed by atoms with Gasteiger partial charge in [-0.1, -0.05) is 20.8 Å². The van der Waals surface area contributed by atoms with Crippen molar-refractivity contribution in [2.24, 2.45) is 5.92 Å². The lowest BCUT2D eigenvalue weighted by Crippen LogP contribution is -2.49. The number of carboxylic acid groups (broad SMARTS) is 1. The van der Waals surface area contributed by atoms with E-state index >= 15 is 0 Å². The lowest BCUT2D eigenvalue weighted by atomic mass is 10.1. The van der Waals surface area contributed by atoms with Crippen molar-refractivity contribution >= 4 is 23.3 Å². The van der Waals surface area contributed by atoms with Gasteiger partial charge in [-0.25, -0.2) is 14.6 Å². The Hall–Kier alpha value is -1.63. The van der Waals surface area contributed by atoms with Gasteiger partial charge in [-0.15, -0.1) is 11.3 Å². The van der Waals surface area contributed by atoms with Gasteiger partial charge < -0.3 is 15.7 Å². The number of aromatic nitrogens is 1. The van der Waals surface area contributed by atoms with Crippen LogP contribution in [0, 0.1) is 5.92 Å². The van der Waals surface area contributed by atoms with Crippen LogP contribution in [0.4, 0.5) is 4.79 Å². The summed E-state index contributed by atoms with van der Waals surface area (Å²) in [5.41, 5.74) is 0. The van der Waals surface area contributed by atoms with Gasteiger partial charge in [0.05, 0.1) is 5.01 Å².